The molecule has 0 bridgehead atoms. The van der Waals surface area contributed by atoms with Crippen LogP contribution in [0, 0.1) is 17.6 Å². The van der Waals surface area contributed by atoms with Gasteiger partial charge in [0.25, 0.3) is 5.91 Å². The maximum Gasteiger partial charge on any atom is 0.254 e. The van der Waals surface area contributed by atoms with E-state index in [1.54, 1.807) is 4.90 Å². The molecule has 1 aliphatic rings. The van der Waals surface area contributed by atoms with Crippen molar-refractivity contribution in [3.05, 3.63) is 35.4 Å². The summed E-state index contributed by atoms with van der Waals surface area (Å²) in [7, 11) is 1.93. The largest absolute Gasteiger partial charge is 0.339 e. The van der Waals surface area contributed by atoms with Crippen molar-refractivity contribution in [3.63, 3.8) is 0 Å². The fourth-order valence-corrected chi connectivity index (χ4v) is 2.63. The number of carbonyl (C=O) groups is 1. The zero-order valence-corrected chi connectivity index (χ0v) is 11.7. The molecule has 0 unspecified atom stereocenters. The van der Waals surface area contributed by atoms with Crippen molar-refractivity contribution >= 4 is 5.91 Å². The highest BCUT2D eigenvalue weighted by molar-refractivity contribution is 5.94. The maximum absolute atomic E-state index is 13.1. The lowest BCUT2D eigenvalue weighted by molar-refractivity contribution is 0.0686. The Labute approximate surface area is 118 Å². The predicted octanol–water partition coefficient (Wildman–Crippen LogP) is 2.43. The number of hydrogen-bond donors (Lipinski definition) is 1. The lowest BCUT2D eigenvalue weighted by Crippen LogP contribution is -2.39. The Morgan fingerprint density at radius 2 is 1.85 bits per heavy atom. The molecular weight excluding hydrogens is 262 g/mol. The van der Waals surface area contributed by atoms with Crippen molar-refractivity contribution in [3.8, 4) is 0 Å². The van der Waals surface area contributed by atoms with Crippen molar-refractivity contribution in [2.75, 3.05) is 26.7 Å². The van der Waals surface area contributed by atoms with Gasteiger partial charge >= 0.3 is 0 Å². The summed E-state index contributed by atoms with van der Waals surface area (Å²) in [5.41, 5.74) is 0.0937. The Morgan fingerprint density at radius 3 is 2.40 bits per heavy atom. The van der Waals surface area contributed by atoms with Gasteiger partial charge in [0.05, 0.1) is 0 Å². The summed E-state index contributed by atoms with van der Waals surface area (Å²) in [6.45, 7) is 2.30. The predicted molar refractivity (Wildman–Crippen MR) is 73.5 cm³/mol. The number of nitrogens with zero attached hydrogens (tertiary/aromatic N) is 1. The van der Waals surface area contributed by atoms with E-state index < -0.39 is 11.6 Å². The number of carbonyl (C=O) groups excluding carboxylic acids is 1. The number of nitrogens with one attached hydrogen (secondary N) is 1. The van der Waals surface area contributed by atoms with E-state index in [2.05, 4.69) is 5.32 Å². The summed E-state index contributed by atoms with van der Waals surface area (Å²) >= 11 is 0. The smallest absolute Gasteiger partial charge is 0.254 e. The topological polar surface area (TPSA) is 32.3 Å². The Balaban J connectivity index is 1.94. The van der Waals surface area contributed by atoms with Crippen LogP contribution in [0.4, 0.5) is 8.78 Å². The van der Waals surface area contributed by atoms with E-state index in [0.29, 0.717) is 19.0 Å². The molecule has 1 amide bonds. The van der Waals surface area contributed by atoms with E-state index in [-0.39, 0.29) is 11.5 Å². The van der Waals surface area contributed by atoms with E-state index in [4.69, 9.17) is 0 Å². The Bertz CT molecular complexity index is 451. The molecule has 1 heterocycles. The van der Waals surface area contributed by atoms with Crippen LogP contribution in [0.25, 0.3) is 0 Å². The van der Waals surface area contributed by atoms with E-state index >= 15 is 0 Å². The zero-order valence-electron chi connectivity index (χ0n) is 11.7. The molecule has 1 fully saturated rings. The Morgan fingerprint density at radius 1 is 1.25 bits per heavy atom. The van der Waals surface area contributed by atoms with Crippen LogP contribution >= 0.6 is 0 Å². The third kappa shape index (κ3) is 3.76. The van der Waals surface area contributed by atoms with Gasteiger partial charge in [-0.25, -0.2) is 8.78 Å². The standard InChI is InChI=1S/C15H20F2N2O/c1-18-5-2-11-3-6-19(7-4-11)15(20)12-8-13(16)10-14(17)9-12/h8-11,18H,2-7H2,1H3. The Hall–Kier alpha value is -1.49. The zero-order chi connectivity index (χ0) is 14.5. The first-order valence-electron chi connectivity index (χ1n) is 7.00. The van der Waals surface area contributed by atoms with E-state index in [1.165, 1.54) is 0 Å². The maximum atomic E-state index is 13.1. The van der Waals surface area contributed by atoms with Crippen molar-refractivity contribution in [1.82, 2.24) is 10.2 Å². The van der Waals surface area contributed by atoms with Crippen LogP contribution < -0.4 is 5.32 Å². The molecule has 5 heteroatoms. The van der Waals surface area contributed by atoms with Gasteiger partial charge in [0.15, 0.2) is 0 Å². The van der Waals surface area contributed by atoms with Crippen molar-refractivity contribution < 1.29 is 13.6 Å². The summed E-state index contributed by atoms with van der Waals surface area (Å²) in [6, 6.07) is 2.97. The van der Waals surface area contributed by atoms with E-state index in [0.717, 1.165) is 44.0 Å². The third-order valence-corrected chi connectivity index (χ3v) is 3.81. The first kappa shape index (κ1) is 14.9. The molecular formula is C15H20F2N2O. The molecule has 1 aliphatic heterocycles. The van der Waals surface area contributed by atoms with Gasteiger partial charge in [-0.05, 0) is 50.9 Å². The van der Waals surface area contributed by atoms with Crippen LogP contribution in [0.5, 0.6) is 0 Å². The molecule has 1 aromatic carbocycles. The number of likely N-dealkylation sites (tertiary alicyclic amines) is 1. The van der Waals surface area contributed by atoms with Crippen molar-refractivity contribution in [1.29, 1.82) is 0 Å². The summed E-state index contributed by atoms with van der Waals surface area (Å²) in [6.07, 6.45) is 3.00. The molecule has 0 atom stereocenters. The molecule has 0 aromatic heterocycles. The molecule has 0 saturated carbocycles. The number of rotatable bonds is 4. The van der Waals surface area contributed by atoms with Crippen LogP contribution in [0.3, 0.4) is 0 Å². The second-order valence-electron chi connectivity index (χ2n) is 5.29. The van der Waals surface area contributed by atoms with Crippen LogP contribution in [-0.2, 0) is 0 Å². The minimum atomic E-state index is -0.711. The number of hydrogen-bond acceptors (Lipinski definition) is 2. The molecule has 0 spiro atoms. The summed E-state index contributed by atoms with van der Waals surface area (Å²) in [4.78, 5) is 13.9. The lowest BCUT2D eigenvalue weighted by atomic mass is 9.93. The van der Waals surface area contributed by atoms with Crippen LogP contribution in [-0.4, -0.2) is 37.5 Å². The molecule has 20 heavy (non-hydrogen) atoms. The average molecular weight is 282 g/mol. The fourth-order valence-electron chi connectivity index (χ4n) is 2.63. The van der Waals surface area contributed by atoms with Crippen LogP contribution in [0.15, 0.2) is 18.2 Å². The Kier molecular flexibility index (Phi) is 5.06. The monoisotopic (exact) mass is 282 g/mol. The molecule has 0 aliphatic carbocycles. The minimum absolute atomic E-state index is 0.0937. The number of piperidine rings is 1. The highest BCUT2D eigenvalue weighted by Crippen LogP contribution is 2.22. The van der Waals surface area contributed by atoms with Gasteiger partial charge in [0, 0.05) is 24.7 Å². The number of amides is 1. The highest BCUT2D eigenvalue weighted by atomic mass is 19.1. The van der Waals surface area contributed by atoms with Crippen LogP contribution in [0.2, 0.25) is 0 Å². The third-order valence-electron chi connectivity index (χ3n) is 3.81. The van der Waals surface area contributed by atoms with Gasteiger partial charge in [0.1, 0.15) is 11.6 Å². The van der Waals surface area contributed by atoms with Crippen molar-refractivity contribution in [2.24, 2.45) is 5.92 Å². The summed E-state index contributed by atoms with van der Waals surface area (Å²) < 4.78 is 26.3. The molecule has 1 saturated heterocycles. The number of halogens is 2. The van der Waals surface area contributed by atoms with Gasteiger partial charge in [-0.1, -0.05) is 0 Å². The van der Waals surface area contributed by atoms with Gasteiger partial charge < -0.3 is 10.2 Å². The van der Waals surface area contributed by atoms with Crippen LogP contribution in [0.1, 0.15) is 29.6 Å². The first-order chi connectivity index (χ1) is 9.60. The number of benzene rings is 1. The molecule has 2 rings (SSSR count). The van der Waals surface area contributed by atoms with Crippen molar-refractivity contribution in [2.45, 2.75) is 19.3 Å². The SMILES string of the molecule is CNCCC1CCN(C(=O)c2cc(F)cc(F)c2)CC1. The molecule has 1 N–H and O–H groups in total. The molecule has 3 nitrogen and oxygen atoms in total. The van der Waals surface area contributed by atoms with Gasteiger partial charge in [-0.15, -0.1) is 0 Å². The minimum Gasteiger partial charge on any atom is -0.339 e. The quantitative estimate of drug-likeness (QED) is 0.920. The lowest BCUT2D eigenvalue weighted by Gasteiger charge is -2.32. The average Bonchev–Trinajstić information content (AvgIpc) is 2.44. The molecule has 1 aromatic rings. The normalized spacial score (nSPS) is 16.4. The fraction of sp³-hybridized carbons (Fsp3) is 0.533. The van der Waals surface area contributed by atoms with Gasteiger partial charge in [-0.2, -0.15) is 0 Å². The highest BCUT2D eigenvalue weighted by Gasteiger charge is 2.23. The second-order valence-corrected chi connectivity index (χ2v) is 5.29. The molecule has 0 radical (unpaired) electrons. The second kappa shape index (κ2) is 6.79. The molecule has 110 valence electrons. The van der Waals surface area contributed by atoms with Gasteiger partial charge in [-0.3, -0.25) is 4.79 Å². The van der Waals surface area contributed by atoms with E-state index in [9.17, 15) is 13.6 Å². The summed E-state index contributed by atoms with van der Waals surface area (Å²) in [5.74, 6) is -1.08. The van der Waals surface area contributed by atoms with Gasteiger partial charge in [0.2, 0.25) is 0 Å². The van der Waals surface area contributed by atoms with E-state index in [1.807, 2.05) is 7.05 Å². The first-order valence-corrected chi connectivity index (χ1v) is 7.00. The summed E-state index contributed by atoms with van der Waals surface area (Å²) in [5, 5.41) is 3.12.